The van der Waals surface area contributed by atoms with E-state index >= 15 is 0 Å². The summed E-state index contributed by atoms with van der Waals surface area (Å²) in [5.41, 5.74) is 1.19. The second-order valence-electron chi connectivity index (χ2n) is 8.85. The van der Waals surface area contributed by atoms with Crippen molar-refractivity contribution in [1.82, 2.24) is 19.8 Å². The van der Waals surface area contributed by atoms with Gasteiger partial charge in [-0.15, -0.1) is 0 Å². The van der Waals surface area contributed by atoms with E-state index in [1.165, 1.54) is 12.4 Å². The Labute approximate surface area is 218 Å². The first-order valence-corrected chi connectivity index (χ1v) is 12.1. The van der Waals surface area contributed by atoms with Crippen LogP contribution in [0.1, 0.15) is 12.8 Å². The molecule has 0 spiro atoms. The summed E-state index contributed by atoms with van der Waals surface area (Å²) in [5.74, 6) is -0.417. The molecule has 1 aromatic heterocycles. The number of fused-ring (bicyclic) bond motifs is 1. The van der Waals surface area contributed by atoms with E-state index in [1.807, 2.05) is 20.2 Å². The largest absolute Gasteiger partial charge is 0.493 e. The highest BCUT2D eigenvalue weighted by Crippen LogP contribution is 2.37. The average molecular weight is 532 g/mol. The summed E-state index contributed by atoms with van der Waals surface area (Å²) in [6.07, 6.45) is 5.66. The van der Waals surface area contributed by atoms with Crippen LogP contribution in [0.25, 0.3) is 10.9 Å². The van der Waals surface area contributed by atoms with E-state index in [2.05, 4.69) is 20.2 Å². The number of hydrogen-bond acceptors (Lipinski definition) is 8. The van der Waals surface area contributed by atoms with Crippen molar-refractivity contribution in [3.63, 3.8) is 0 Å². The summed E-state index contributed by atoms with van der Waals surface area (Å²) in [5, 5.41) is 2.86. The number of nitrogens with zero attached hydrogens (tertiary/aromatic N) is 4. The average Bonchev–Trinajstić information content (AvgIpc) is 2.90. The molecule has 1 N–H and O–H groups in total. The predicted octanol–water partition coefficient (Wildman–Crippen LogP) is 4.80. The highest BCUT2D eigenvalue weighted by molar-refractivity contribution is 6.31. The van der Waals surface area contributed by atoms with Crippen molar-refractivity contribution in [3.8, 4) is 11.5 Å². The molecule has 0 aliphatic carbocycles. The van der Waals surface area contributed by atoms with Gasteiger partial charge in [0, 0.05) is 45.2 Å². The Kier molecular flexibility index (Phi) is 8.40. The third-order valence-electron chi connectivity index (χ3n) is 6.23. The quantitative estimate of drug-likeness (QED) is 0.240. The summed E-state index contributed by atoms with van der Waals surface area (Å²) < 4.78 is 39.9. The van der Waals surface area contributed by atoms with Gasteiger partial charge in [0.1, 0.15) is 29.1 Å². The second kappa shape index (κ2) is 11.7. The number of likely N-dealkylation sites (tertiary alicyclic amines) is 1. The summed E-state index contributed by atoms with van der Waals surface area (Å²) in [6, 6.07) is 5.82. The normalized spacial score (nSPS) is 15.0. The van der Waals surface area contributed by atoms with Crippen LogP contribution in [0.3, 0.4) is 0 Å². The lowest BCUT2D eigenvalue weighted by atomic mass is 10.1. The van der Waals surface area contributed by atoms with Crippen molar-refractivity contribution in [2.24, 2.45) is 0 Å². The number of carbonyl (C=O) groups excluding carboxylic acids is 1. The summed E-state index contributed by atoms with van der Waals surface area (Å²) in [6.45, 7) is 2.32. The maximum atomic E-state index is 14.5. The molecule has 11 heteroatoms. The standard InChI is InChI=1S/C26H28ClF2N5O3/c1-33(2)16(14-35)6-9-34-10-7-17(8-11-34)37-23-12-18-21(13-22(23)36-3)30-15-31-26(18)32-20-5-4-19(28)24(27)25(20)29/h4-6,12-15,17H,7-11H2,1-3H3,(H,30,31,32)/b16-6+. The Morgan fingerprint density at radius 3 is 2.65 bits per heavy atom. The molecule has 2 heterocycles. The molecule has 2 aromatic carbocycles. The molecule has 0 saturated carbocycles. The molecule has 1 aliphatic rings. The number of halogens is 3. The maximum Gasteiger partial charge on any atom is 0.168 e. The lowest BCUT2D eigenvalue weighted by molar-refractivity contribution is -0.106. The van der Waals surface area contributed by atoms with Gasteiger partial charge in [0.05, 0.1) is 24.0 Å². The van der Waals surface area contributed by atoms with E-state index in [9.17, 15) is 13.6 Å². The van der Waals surface area contributed by atoms with Crippen LogP contribution in [0.15, 0.2) is 42.4 Å². The van der Waals surface area contributed by atoms with Gasteiger partial charge in [0.2, 0.25) is 0 Å². The number of likely N-dealkylation sites (N-methyl/N-ethyl adjacent to an activating group) is 1. The first-order chi connectivity index (χ1) is 17.8. The Morgan fingerprint density at radius 2 is 1.97 bits per heavy atom. The molecule has 37 heavy (non-hydrogen) atoms. The molecule has 1 saturated heterocycles. The number of nitrogens with one attached hydrogen (secondary N) is 1. The second-order valence-corrected chi connectivity index (χ2v) is 9.23. The van der Waals surface area contributed by atoms with Crippen molar-refractivity contribution in [2.45, 2.75) is 18.9 Å². The van der Waals surface area contributed by atoms with Gasteiger partial charge in [0.15, 0.2) is 23.6 Å². The van der Waals surface area contributed by atoms with Crippen LogP contribution in [0.2, 0.25) is 5.02 Å². The van der Waals surface area contributed by atoms with Crippen molar-refractivity contribution >= 4 is 40.3 Å². The first-order valence-electron chi connectivity index (χ1n) is 11.8. The Hall–Kier alpha value is -3.50. The maximum absolute atomic E-state index is 14.5. The Morgan fingerprint density at radius 1 is 1.22 bits per heavy atom. The number of piperidine rings is 1. The van der Waals surface area contributed by atoms with Gasteiger partial charge in [-0.2, -0.15) is 0 Å². The van der Waals surface area contributed by atoms with Crippen molar-refractivity contribution in [3.05, 3.63) is 59.0 Å². The third kappa shape index (κ3) is 6.08. The van der Waals surface area contributed by atoms with Gasteiger partial charge in [-0.1, -0.05) is 11.6 Å². The Balaban J connectivity index is 1.52. The molecular weight excluding hydrogens is 504 g/mol. The van der Waals surface area contributed by atoms with Crippen LogP contribution in [0.4, 0.5) is 20.3 Å². The highest BCUT2D eigenvalue weighted by Gasteiger charge is 2.22. The number of allylic oxidation sites excluding steroid dienone is 1. The zero-order valence-electron chi connectivity index (χ0n) is 20.8. The number of anilines is 2. The van der Waals surface area contributed by atoms with Crippen LogP contribution in [-0.2, 0) is 4.79 Å². The van der Waals surface area contributed by atoms with E-state index in [-0.39, 0.29) is 11.8 Å². The highest BCUT2D eigenvalue weighted by atomic mass is 35.5. The van der Waals surface area contributed by atoms with E-state index in [4.69, 9.17) is 21.1 Å². The van der Waals surface area contributed by atoms with Crippen molar-refractivity contribution in [1.29, 1.82) is 0 Å². The number of hydrogen-bond donors (Lipinski definition) is 1. The lowest BCUT2D eigenvalue weighted by Gasteiger charge is -2.32. The number of aromatic nitrogens is 2. The number of aldehydes is 1. The molecule has 8 nitrogen and oxygen atoms in total. The molecule has 196 valence electrons. The molecule has 0 bridgehead atoms. The molecule has 0 unspecified atom stereocenters. The molecular formula is C26H28ClF2N5O3. The number of methoxy groups -OCH3 is 1. The van der Waals surface area contributed by atoms with Gasteiger partial charge >= 0.3 is 0 Å². The summed E-state index contributed by atoms with van der Waals surface area (Å²) >= 11 is 5.72. The van der Waals surface area contributed by atoms with E-state index in [0.717, 1.165) is 38.3 Å². The topological polar surface area (TPSA) is 79.8 Å². The molecule has 4 rings (SSSR count). The fourth-order valence-corrected chi connectivity index (χ4v) is 4.28. The SMILES string of the molecule is COc1cc2ncnc(Nc3ccc(F)c(Cl)c3F)c2cc1OC1CCN(C/C=C(\C=O)N(C)C)CC1. The van der Waals surface area contributed by atoms with Gasteiger partial charge in [-0.05, 0) is 37.1 Å². The van der Waals surface area contributed by atoms with Crippen molar-refractivity contribution in [2.75, 3.05) is 46.2 Å². The minimum atomic E-state index is -0.911. The first kappa shape index (κ1) is 26.6. The molecule has 0 radical (unpaired) electrons. The predicted molar refractivity (Wildman–Crippen MR) is 139 cm³/mol. The van der Waals surface area contributed by atoms with Crippen molar-refractivity contribution < 1.29 is 23.0 Å². The van der Waals surface area contributed by atoms with Crippen LogP contribution >= 0.6 is 11.6 Å². The molecule has 1 aliphatic heterocycles. The number of carbonyl (C=O) groups is 1. The third-order valence-corrected chi connectivity index (χ3v) is 6.58. The molecule has 0 amide bonds. The smallest absolute Gasteiger partial charge is 0.168 e. The summed E-state index contributed by atoms with van der Waals surface area (Å²) in [7, 11) is 5.23. The monoisotopic (exact) mass is 531 g/mol. The molecule has 3 aromatic rings. The van der Waals surface area contributed by atoms with Crippen LogP contribution in [0, 0.1) is 11.6 Å². The van der Waals surface area contributed by atoms with E-state index < -0.39 is 16.7 Å². The molecule has 0 atom stereocenters. The zero-order valence-corrected chi connectivity index (χ0v) is 21.6. The van der Waals surface area contributed by atoms with Crippen LogP contribution in [0.5, 0.6) is 11.5 Å². The fourth-order valence-electron chi connectivity index (χ4n) is 4.11. The fraction of sp³-hybridized carbons (Fsp3) is 0.346. The minimum absolute atomic E-state index is 0.0156. The van der Waals surface area contributed by atoms with Gasteiger partial charge in [-0.3, -0.25) is 9.69 Å². The minimum Gasteiger partial charge on any atom is -0.493 e. The molecule has 1 fully saturated rings. The van der Waals surface area contributed by atoms with Gasteiger partial charge in [0.25, 0.3) is 0 Å². The lowest BCUT2D eigenvalue weighted by Crippen LogP contribution is -2.38. The van der Waals surface area contributed by atoms with Gasteiger partial charge < -0.3 is 19.7 Å². The van der Waals surface area contributed by atoms with E-state index in [0.29, 0.717) is 40.5 Å². The van der Waals surface area contributed by atoms with Gasteiger partial charge in [-0.25, -0.2) is 18.7 Å². The van der Waals surface area contributed by atoms with Crippen LogP contribution in [-0.4, -0.2) is 73.0 Å². The number of rotatable bonds is 9. The van der Waals surface area contributed by atoms with E-state index in [1.54, 1.807) is 24.1 Å². The number of benzene rings is 2. The Bertz CT molecular complexity index is 1310. The van der Waals surface area contributed by atoms with Crippen LogP contribution < -0.4 is 14.8 Å². The number of ether oxygens (including phenoxy) is 2. The summed E-state index contributed by atoms with van der Waals surface area (Å²) in [4.78, 5) is 23.8. The zero-order chi connectivity index (χ0) is 26.5.